The molecule has 1 fully saturated rings. The molecule has 1 atom stereocenters. The molecule has 2 aromatic carbocycles. The van der Waals surface area contributed by atoms with Crippen molar-refractivity contribution in [1.29, 1.82) is 0 Å². The number of hydrogen-bond donors (Lipinski definition) is 0. The Morgan fingerprint density at radius 2 is 2.00 bits per heavy atom. The summed E-state index contributed by atoms with van der Waals surface area (Å²) < 4.78 is 5.16. The smallest absolute Gasteiger partial charge is 0.253 e. The van der Waals surface area contributed by atoms with Gasteiger partial charge in [-0.05, 0) is 36.1 Å². The standard InChI is InChI=1S/C20H23NO2/c1-23-15-16-7-5-10-18(13-16)20(22)21-12-6-11-19(14-21)17-8-3-2-4-9-17/h2-5,7-10,13,19H,6,11-12,14-15H2,1H3/t19-/m1/s1. The summed E-state index contributed by atoms with van der Waals surface area (Å²) in [5, 5.41) is 0. The summed E-state index contributed by atoms with van der Waals surface area (Å²) in [6, 6.07) is 18.3. The van der Waals surface area contributed by atoms with E-state index in [0.717, 1.165) is 37.1 Å². The average Bonchev–Trinajstić information content (AvgIpc) is 2.62. The van der Waals surface area contributed by atoms with E-state index in [4.69, 9.17) is 4.74 Å². The molecule has 0 spiro atoms. The number of hydrogen-bond acceptors (Lipinski definition) is 2. The van der Waals surface area contributed by atoms with Crippen molar-refractivity contribution in [2.24, 2.45) is 0 Å². The summed E-state index contributed by atoms with van der Waals surface area (Å²) in [7, 11) is 1.67. The third-order valence-corrected chi connectivity index (χ3v) is 4.46. The molecule has 0 N–H and O–H groups in total. The van der Waals surface area contributed by atoms with Crippen LogP contribution in [0.15, 0.2) is 54.6 Å². The van der Waals surface area contributed by atoms with Crippen LogP contribution in [-0.2, 0) is 11.3 Å². The van der Waals surface area contributed by atoms with Gasteiger partial charge in [-0.25, -0.2) is 0 Å². The molecule has 1 aliphatic rings. The molecule has 2 aromatic rings. The van der Waals surface area contributed by atoms with E-state index in [-0.39, 0.29) is 5.91 Å². The number of benzene rings is 2. The van der Waals surface area contributed by atoms with Crippen LogP contribution in [0.1, 0.15) is 40.2 Å². The van der Waals surface area contributed by atoms with E-state index in [1.165, 1.54) is 5.56 Å². The van der Waals surface area contributed by atoms with Gasteiger partial charge in [0, 0.05) is 31.7 Å². The SMILES string of the molecule is COCc1cccc(C(=O)N2CCC[C@@H](c3ccccc3)C2)c1. The van der Waals surface area contributed by atoms with E-state index in [1.54, 1.807) is 7.11 Å². The van der Waals surface area contributed by atoms with Crippen LogP contribution in [0.2, 0.25) is 0 Å². The monoisotopic (exact) mass is 309 g/mol. The molecule has 3 rings (SSSR count). The third-order valence-electron chi connectivity index (χ3n) is 4.46. The lowest BCUT2D eigenvalue weighted by Crippen LogP contribution is -2.39. The van der Waals surface area contributed by atoms with Crippen LogP contribution in [0.5, 0.6) is 0 Å². The Labute approximate surface area is 137 Å². The van der Waals surface area contributed by atoms with Crippen LogP contribution in [-0.4, -0.2) is 31.0 Å². The first-order valence-electron chi connectivity index (χ1n) is 8.20. The quantitative estimate of drug-likeness (QED) is 0.858. The van der Waals surface area contributed by atoms with Gasteiger partial charge < -0.3 is 9.64 Å². The molecule has 3 nitrogen and oxygen atoms in total. The zero-order valence-electron chi connectivity index (χ0n) is 13.6. The van der Waals surface area contributed by atoms with Gasteiger partial charge in [-0.3, -0.25) is 4.79 Å². The fraction of sp³-hybridized carbons (Fsp3) is 0.350. The summed E-state index contributed by atoms with van der Waals surface area (Å²) >= 11 is 0. The van der Waals surface area contributed by atoms with Crippen LogP contribution >= 0.6 is 0 Å². The van der Waals surface area contributed by atoms with Crippen LogP contribution in [0.4, 0.5) is 0 Å². The fourth-order valence-electron chi connectivity index (χ4n) is 3.30. The Morgan fingerprint density at radius 1 is 1.17 bits per heavy atom. The van der Waals surface area contributed by atoms with Crippen molar-refractivity contribution in [3.05, 3.63) is 71.3 Å². The summed E-state index contributed by atoms with van der Waals surface area (Å²) in [6.45, 7) is 2.18. The largest absolute Gasteiger partial charge is 0.380 e. The number of likely N-dealkylation sites (tertiary alicyclic amines) is 1. The lowest BCUT2D eigenvalue weighted by molar-refractivity contribution is 0.0707. The second-order valence-corrected chi connectivity index (χ2v) is 6.13. The molecule has 1 heterocycles. The molecule has 0 unspecified atom stereocenters. The number of piperidine rings is 1. The van der Waals surface area contributed by atoms with Crippen LogP contribution < -0.4 is 0 Å². The van der Waals surface area contributed by atoms with Crippen molar-refractivity contribution in [2.75, 3.05) is 20.2 Å². The number of ether oxygens (including phenoxy) is 1. The molecule has 0 radical (unpaired) electrons. The van der Waals surface area contributed by atoms with E-state index in [9.17, 15) is 4.79 Å². The first-order valence-corrected chi connectivity index (χ1v) is 8.20. The molecule has 3 heteroatoms. The molecule has 1 amide bonds. The summed E-state index contributed by atoms with van der Waals surface area (Å²) in [5.41, 5.74) is 3.13. The maximum atomic E-state index is 12.8. The lowest BCUT2D eigenvalue weighted by Gasteiger charge is -2.33. The Kier molecular flexibility index (Phi) is 5.09. The molecular formula is C20H23NO2. The minimum Gasteiger partial charge on any atom is -0.380 e. The molecule has 0 bridgehead atoms. The third kappa shape index (κ3) is 3.80. The maximum absolute atomic E-state index is 12.8. The van der Waals surface area contributed by atoms with Crippen LogP contribution in [0.3, 0.4) is 0 Å². The van der Waals surface area contributed by atoms with Gasteiger partial charge in [0.1, 0.15) is 0 Å². The predicted molar refractivity (Wildman–Crippen MR) is 91.5 cm³/mol. The molecular weight excluding hydrogens is 286 g/mol. The van der Waals surface area contributed by atoms with Gasteiger partial charge >= 0.3 is 0 Å². The zero-order chi connectivity index (χ0) is 16.1. The summed E-state index contributed by atoms with van der Waals surface area (Å²) in [5.74, 6) is 0.569. The highest BCUT2D eigenvalue weighted by molar-refractivity contribution is 5.94. The van der Waals surface area contributed by atoms with Crippen molar-refractivity contribution in [3.63, 3.8) is 0 Å². The first-order chi connectivity index (χ1) is 11.3. The molecule has 0 aliphatic carbocycles. The van der Waals surface area contributed by atoms with Crippen LogP contribution in [0.25, 0.3) is 0 Å². The predicted octanol–water partition coefficient (Wildman–Crippen LogP) is 3.85. The number of methoxy groups -OCH3 is 1. The summed E-state index contributed by atoms with van der Waals surface area (Å²) in [4.78, 5) is 14.8. The Morgan fingerprint density at radius 3 is 2.78 bits per heavy atom. The number of amides is 1. The molecule has 0 saturated carbocycles. The van der Waals surface area contributed by atoms with Gasteiger partial charge in [-0.1, -0.05) is 42.5 Å². The minimum absolute atomic E-state index is 0.128. The van der Waals surface area contributed by atoms with Gasteiger partial charge in [0.2, 0.25) is 0 Å². The van der Waals surface area contributed by atoms with Crippen molar-refractivity contribution >= 4 is 5.91 Å². The highest BCUT2D eigenvalue weighted by Crippen LogP contribution is 2.27. The molecule has 1 saturated heterocycles. The number of nitrogens with zero attached hydrogens (tertiary/aromatic N) is 1. The van der Waals surface area contributed by atoms with E-state index >= 15 is 0 Å². The second-order valence-electron chi connectivity index (χ2n) is 6.13. The average molecular weight is 309 g/mol. The van der Waals surface area contributed by atoms with Gasteiger partial charge in [-0.15, -0.1) is 0 Å². The van der Waals surface area contributed by atoms with E-state index < -0.39 is 0 Å². The van der Waals surface area contributed by atoms with Crippen molar-refractivity contribution in [3.8, 4) is 0 Å². The highest BCUT2D eigenvalue weighted by atomic mass is 16.5. The van der Waals surface area contributed by atoms with E-state index in [1.807, 2.05) is 35.2 Å². The number of rotatable bonds is 4. The molecule has 0 aromatic heterocycles. The van der Waals surface area contributed by atoms with E-state index in [0.29, 0.717) is 12.5 Å². The number of carbonyl (C=O) groups is 1. The minimum atomic E-state index is 0.128. The topological polar surface area (TPSA) is 29.5 Å². The summed E-state index contributed by atoms with van der Waals surface area (Å²) in [6.07, 6.45) is 2.21. The van der Waals surface area contributed by atoms with Crippen molar-refractivity contribution in [2.45, 2.75) is 25.4 Å². The van der Waals surface area contributed by atoms with Crippen molar-refractivity contribution in [1.82, 2.24) is 4.90 Å². The normalized spacial score (nSPS) is 18.0. The Balaban J connectivity index is 1.73. The zero-order valence-corrected chi connectivity index (χ0v) is 13.6. The van der Waals surface area contributed by atoms with Gasteiger partial charge in [0.25, 0.3) is 5.91 Å². The maximum Gasteiger partial charge on any atom is 0.253 e. The van der Waals surface area contributed by atoms with Crippen molar-refractivity contribution < 1.29 is 9.53 Å². The van der Waals surface area contributed by atoms with E-state index in [2.05, 4.69) is 24.3 Å². The fourth-order valence-corrected chi connectivity index (χ4v) is 3.30. The lowest BCUT2D eigenvalue weighted by atomic mass is 9.90. The molecule has 1 aliphatic heterocycles. The second kappa shape index (κ2) is 7.42. The Bertz CT molecular complexity index is 654. The number of carbonyl (C=O) groups excluding carboxylic acids is 1. The van der Waals surface area contributed by atoms with Gasteiger partial charge in [-0.2, -0.15) is 0 Å². The Hall–Kier alpha value is -2.13. The first kappa shape index (κ1) is 15.8. The molecule has 23 heavy (non-hydrogen) atoms. The van der Waals surface area contributed by atoms with Gasteiger partial charge in [0.15, 0.2) is 0 Å². The highest BCUT2D eigenvalue weighted by Gasteiger charge is 2.25. The van der Waals surface area contributed by atoms with Crippen LogP contribution in [0, 0.1) is 0 Å². The van der Waals surface area contributed by atoms with Gasteiger partial charge in [0.05, 0.1) is 6.61 Å². The molecule has 120 valence electrons.